The number of carbonyl (C=O) groups excluding carboxylic acids is 1. The predicted octanol–water partition coefficient (Wildman–Crippen LogP) is 1.73. The van der Waals surface area contributed by atoms with Gasteiger partial charge in [-0.05, 0) is 32.4 Å². The van der Waals surface area contributed by atoms with Gasteiger partial charge < -0.3 is 9.64 Å². The summed E-state index contributed by atoms with van der Waals surface area (Å²) in [6.07, 6.45) is 1.06. The van der Waals surface area contributed by atoms with Crippen molar-refractivity contribution in [1.29, 1.82) is 0 Å². The molecule has 0 unspecified atom stereocenters. The standard InChI is InChI=1S/C18H23N3O3/c1-13-12-24-11-10-20(13)17(22)8-5-9-21-14(2)19-16-7-4-3-6-15(16)18(21)23/h3-4,6-7,13H,5,8-12H2,1-2H3/t13-/m1/s1. The maximum absolute atomic E-state index is 12.6. The monoisotopic (exact) mass is 329 g/mol. The van der Waals surface area contributed by atoms with Crippen LogP contribution in [0.25, 0.3) is 10.9 Å². The third-order valence-corrected chi connectivity index (χ3v) is 4.51. The molecule has 2 aromatic rings. The fourth-order valence-corrected chi connectivity index (χ4v) is 3.17. The highest BCUT2D eigenvalue weighted by Crippen LogP contribution is 2.11. The number of hydrogen-bond donors (Lipinski definition) is 0. The van der Waals surface area contributed by atoms with E-state index in [1.165, 1.54) is 0 Å². The van der Waals surface area contributed by atoms with Crippen molar-refractivity contribution < 1.29 is 9.53 Å². The minimum Gasteiger partial charge on any atom is -0.377 e. The Balaban J connectivity index is 1.68. The summed E-state index contributed by atoms with van der Waals surface area (Å²) in [5.41, 5.74) is 0.680. The Morgan fingerprint density at radius 3 is 2.96 bits per heavy atom. The van der Waals surface area contributed by atoms with Crippen LogP contribution in [-0.4, -0.2) is 46.2 Å². The van der Waals surface area contributed by atoms with Crippen LogP contribution in [0, 0.1) is 6.92 Å². The Bertz CT molecular complexity index is 800. The fourth-order valence-electron chi connectivity index (χ4n) is 3.17. The molecule has 1 aromatic heterocycles. The first-order chi connectivity index (χ1) is 11.6. The van der Waals surface area contributed by atoms with Gasteiger partial charge in [-0.2, -0.15) is 0 Å². The summed E-state index contributed by atoms with van der Waals surface area (Å²) in [6, 6.07) is 7.48. The minimum atomic E-state index is -0.0368. The van der Waals surface area contributed by atoms with E-state index in [1.807, 2.05) is 36.9 Å². The molecule has 24 heavy (non-hydrogen) atoms. The minimum absolute atomic E-state index is 0.0368. The number of rotatable bonds is 4. The van der Waals surface area contributed by atoms with Crippen LogP contribution in [0.2, 0.25) is 0 Å². The van der Waals surface area contributed by atoms with Gasteiger partial charge in [0.05, 0.1) is 30.2 Å². The fraction of sp³-hybridized carbons (Fsp3) is 0.500. The maximum atomic E-state index is 12.6. The quantitative estimate of drug-likeness (QED) is 0.857. The summed E-state index contributed by atoms with van der Waals surface area (Å²) in [7, 11) is 0. The number of morpholine rings is 1. The highest BCUT2D eigenvalue weighted by atomic mass is 16.5. The van der Waals surface area contributed by atoms with E-state index in [2.05, 4.69) is 4.98 Å². The van der Waals surface area contributed by atoms with Crippen LogP contribution >= 0.6 is 0 Å². The average Bonchev–Trinajstić information content (AvgIpc) is 2.58. The molecule has 6 nitrogen and oxygen atoms in total. The molecule has 2 heterocycles. The van der Waals surface area contributed by atoms with Gasteiger partial charge >= 0.3 is 0 Å². The highest BCUT2D eigenvalue weighted by Gasteiger charge is 2.23. The molecule has 0 aliphatic carbocycles. The molecule has 1 fully saturated rings. The lowest BCUT2D eigenvalue weighted by Gasteiger charge is -2.33. The first kappa shape index (κ1) is 16.6. The molecule has 1 amide bonds. The molecule has 0 saturated carbocycles. The first-order valence-electron chi connectivity index (χ1n) is 8.41. The SMILES string of the molecule is Cc1nc2ccccc2c(=O)n1CCCC(=O)N1CCOC[C@H]1C. The summed E-state index contributed by atoms with van der Waals surface area (Å²) in [5, 5.41) is 0.622. The molecule has 0 bridgehead atoms. The van der Waals surface area contributed by atoms with Crippen molar-refractivity contribution >= 4 is 16.8 Å². The molecular formula is C18H23N3O3. The molecular weight excluding hydrogens is 306 g/mol. The molecule has 1 aliphatic heterocycles. The molecule has 0 N–H and O–H groups in total. The van der Waals surface area contributed by atoms with Crippen LogP contribution in [0.15, 0.2) is 29.1 Å². The molecule has 3 rings (SSSR count). The van der Waals surface area contributed by atoms with Crippen LogP contribution in [0.1, 0.15) is 25.6 Å². The van der Waals surface area contributed by atoms with Crippen molar-refractivity contribution in [2.24, 2.45) is 0 Å². The second kappa shape index (κ2) is 7.13. The molecule has 1 saturated heterocycles. The molecule has 128 valence electrons. The maximum Gasteiger partial charge on any atom is 0.261 e. The number of amides is 1. The van der Waals surface area contributed by atoms with E-state index in [1.54, 1.807) is 10.6 Å². The zero-order valence-electron chi connectivity index (χ0n) is 14.2. The highest BCUT2D eigenvalue weighted by molar-refractivity contribution is 5.77. The molecule has 0 radical (unpaired) electrons. The van der Waals surface area contributed by atoms with Crippen molar-refractivity contribution in [3.05, 3.63) is 40.4 Å². The normalized spacial score (nSPS) is 18.1. The summed E-state index contributed by atoms with van der Waals surface area (Å²) in [4.78, 5) is 31.3. The molecule has 1 atom stereocenters. The number of hydrogen-bond acceptors (Lipinski definition) is 4. The number of benzene rings is 1. The number of ether oxygens (including phenoxy) is 1. The second-order valence-electron chi connectivity index (χ2n) is 6.25. The molecule has 1 aromatic carbocycles. The summed E-state index contributed by atoms with van der Waals surface area (Å²) in [6.45, 7) is 6.18. The van der Waals surface area contributed by atoms with Gasteiger partial charge in [-0.15, -0.1) is 0 Å². The number of para-hydroxylation sites is 1. The van der Waals surface area contributed by atoms with Gasteiger partial charge in [-0.25, -0.2) is 4.98 Å². The van der Waals surface area contributed by atoms with Crippen LogP contribution in [0.5, 0.6) is 0 Å². The van der Waals surface area contributed by atoms with E-state index in [9.17, 15) is 9.59 Å². The lowest BCUT2D eigenvalue weighted by molar-refractivity contribution is -0.139. The smallest absolute Gasteiger partial charge is 0.261 e. The summed E-state index contributed by atoms with van der Waals surface area (Å²) in [5.74, 6) is 0.816. The van der Waals surface area contributed by atoms with Crippen molar-refractivity contribution in [2.75, 3.05) is 19.8 Å². The number of fused-ring (bicyclic) bond motifs is 1. The Hall–Kier alpha value is -2.21. The van der Waals surface area contributed by atoms with Gasteiger partial charge in [0.15, 0.2) is 0 Å². The number of carbonyl (C=O) groups is 1. The van der Waals surface area contributed by atoms with E-state index >= 15 is 0 Å². The Kier molecular flexibility index (Phi) is 4.94. The lowest BCUT2D eigenvalue weighted by Crippen LogP contribution is -2.47. The van der Waals surface area contributed by atoms with E-state index in [0.29, 0.717) is 50.4 Å². The number of nitrogens with zero attached hydrogens (tertiary/aromatic N) is 3. The molecule has 1 aliphatic rings. The van der Waals surface area contributed by atoms with Crippen molar-refractivity contribution in [2.45, 2.75) is 39.3 Å². The van der Waals surface area contributed by atoms with Gasteiger partial charge in [-0.3, -0.25) is 14.2 Å². The predicted molar refractivity (Wildman–Crippen MR) is 92.0 cm³/mol. The Morgan fingerprint density at radius 1 is 1.38 bits per heavy atom. The Labute approximate surface area is 141 Å². The summed E-state index contributed by atoms with van der Waals surface area (Å²) >= 11 is 0. The van der Waals surface area contributed by atoms with Gasteiger partial charge in [0.1, 0.15) is 5.82 Å². The van der Waals surface area contributed by atoms with Crippen molar-refractivity contribution in [3.8, 4) is 0 Å². The zero-order chi connectivity index (χ0) is 17.1. The van der Waals surface area contributed by atoms with E-state index in [4.69, 9.17) is 4.74 Å². The van der Waals surface area contributed by atoms with Gasteiger partial charge in [-0.1, -0.05) is 12.1 Å². The second-order valence-corrected chi connectivity index (χ2v) is 6.25. The van der Waals surface area contributed by atoms with Gasteiger partial charge in [0.2, 0.25) is 5.91 Å². The average molecular weight is 329 g/mol. The van der Waals surface area contributed by atoms with Gasteiger partial charge in [0.25, 0.3) is 5.56 Å². The summed E-state index contributed by atoms with van der Waals surface area (Å²) < 4.78 is 7.03. The van der Waals surface area contributed by atoms with Crippen molar-refractivity contribution in [3.63, 3.8) is 0 Å². The van der Waals surface area contributed by atoms with E-state index in [0.717, 1.165) is 5.52 Å². The third-order valence-electron chi connectivity index (χ3n) is 4.51. The lowest BCUT2D eigenvalue weighted by atomic mass is 10.2. The third kappa shape index (κ3) is 3.33. The van der Waals surface area contributed by atoms with E-state index in [-0.39, 0.29) is 17.5 Å². The van der Waals surface area contributed by atoms with Gasteiger partial charge in [0, 0.05) is 19.5 Å². The Morgan fingerprint density at radius 2 is 2.17 bits per heavy atom. The van der Waals surface area contributed by atoms with Crippen LogP contribution in [0.4, 0.5) is 0 Å². The van der Waals surface area contributed by atoms with Crippen LogP contribution in [0.3, 0.4) is 0 Å². The number of aromatic nitrogens is 2. The number of aryl methyl sites for hydroxylation is 1. The molecule has 6 heteroatoms. The van der Waals surface area contributed by atoms with Crippen LogP contribution < -0.4 is 5.56 Å². The topological polar surface area (TPSA) is 64.4 Å². The molecule has 0 spiro atoms. The van der Waals surface area contributed by atoms with Crippen molar-refractivity contribution in [1.82, 2.24) is 14.5 Å². The van der Waals surface area contributed by atoms with E-state index < -0.39 is 0 Å². The first-order valence-corrected chi connectivity index (χ1v) is 8.41. The zero-order valence-corrected chi connectivity index (χ0v) is 14.2. The largest absolute Gasteiger partial charge is 0.377 e. The van der Waals surface area contributed by atoms with Crippen LogP contribution in [-0.2, 0) is 16.1 Å².